The summed E-state index contributed by atoms with van der Waals surface area (Å²) in [5.74, 6) is 1.13. The lowest BCUT2D eigenvalue weighted by molar-refractivity contribution is -0.125. The molecule has 0 aromatic rings. The molecule has 0 aromatic heterocycles. The number of unbranched alkanes of at least 4 members (excludes halogenated alkanes) is 3. The van der Waals surface area contributed by atoms with E-state index in [1.54, 1.807) is 9.80 Å². The Hall–Kier alpha value is -0.260. The summed E-state index contributed by atoms with van der Waals surface area (Å²) in [4.78, 5) is 26.3. The third-order valence-electron chi connectivity index (χ3n) is 3.68. The van der Waals surface area contributed by atoms with Gasteiger partial charge in [0, 0.05) is 0 Å². The standard InChI is InChI=1S/C14H22N4O2S4/c19-11-7-23-13(21)17(11)9-15-5-3-1-2-4-6-16-10-18-12(20)8-24-14(18)22/h15-16H,1-10H2. The van der Waals surface area contributed by atoms with Crippen molar-refractivity contribution in [2.75, 3.05) is 37.9 Å². The molecule has 2 aliphatic heterocycles. The van der Waals surface area contributed by atoms with Crippen LogP contribution in [0.5, 0.6) is 0 Å². The number of nitrogens with zero attached hydrogens (tertiary/aromatic N) is 2. The largest absolute Gasteiger partial charge is 0.299 e. The molecule has 2 aliphatic rings. The molecule has 0 aromatic carbocycles. The Kier molecular flexibility index (Phi) is 8.92. The predicted octanol–water partition coefficient (Wildman–Crippen LogP) is 1.36. The second-order valence-electron chi connectivity index (χ2n) is 5.48. The molecule has 0 bridgehead atoms. The molecule has 2 amide bonds. The molecule has 2 saturated heterocycles. The minimum atomic E-state index is 0.0953. The van der Waals surface area contributed by atoms with Gasteiger partial charge in [0.05, 0.1) is 24.8 Å². The fraction of sp³-hybridized carbons (Fsp3) is 0.714. The molecule has 0 atom stereocenters. The second kappa shape index (κ2) is 10.7. The van der Waals surface area contributed by atoms with E-state index in [-0.39, 0.29) is 11.8 Å². The highest BCUT2D eigenvalue weighted by molar-refractivity contribution is 8.24. The molecule has 6 nitrogen and oxygen atoms in total. The lowest BCUT2D eigenvalue weighted by Crippen LogP contribution is -2.38. The van der Waals surface area contributed by atoms with Crippen molar-refractivity contribution in [3.8, 4) is 0 Å². The van der Waals surface area contributed by atoms with Crippen LogP contribution in [0.15, 0.2) is 0 Å². The van der Waals surface area contributed by atoms with Crippen LogP contribution in [-0.4, -0.2) is 68.2 Å². The van der Waals surface area contributed by atoms with Crippen molar-refractivity contribution >= 4 is 68.4 Å². The summed E-state index contributed by atoms with van der Waals surface area (Å²) in [5, 5.41) is 6.53. The summed E-state index contributed by atoms with van der Waals surface area (Å²) in [6, 6.07) is 0. The average Bonchev–Trinajstić information content (AvgIpc) is 3.05. The van der Waals surface area contributed by atoms with Gasteiger partial charge in [-0.2, -0.15) is 0 Å². The molecule has 2 N–H and O–H groups in total. The molecule has 2 rings (SSSR count). The van der Waals surface area contributed by atoms with E-state index in [1.807, 2.05) is 0 Å². The summed E-state index contributed by atoms with van der Waals surface area (Å²) < 4.78 is 1.35. The monoisotopic (exact) mass is 406 g/mol. The van der Waals surface area contributed by atoms with Crippen LogP contribution in [-0.2, 0) is 9.59 Å². The van der Waals surface area contributed by atoms with E-state index < -0.39 is 0 Å². The van der Waals surface area contributed by atoms with Gasteiger partial charge in [-0.05, 0) is 25.9 Å². The molecule has 24 heavy (non-hydrogen) atoms. The van der Waals surface area contributed by atoms with Crippen molar-refractivity contribution in [2.24, 2.45) is 0 Å². The second-order valence-corrected chi connectivity index (χ2v) is 8.70. The predicted molar refractivity (Wildman–Crippen MR) is 108 cm³/mol. The van der Waals surface area contributed by atoms with Gasteiger partial charge in [0.15, 0.2) is 0 Å². The molecular formula is C14H22N4O2S4. The van der Waals surface area contributed by atoms with Crippen molar-refractivity contribution in [1.82, 2.24) is 20.4 Å². The van der Waals surface area contributed by atoms with E-state index >= 15 is 0 Å². The van der Waals surface area contributed by atoms with Crippen LogP contribution in [0, 0.1) is 0 Å². The first-order valence-corrected chi connectivity index (χ1v) is 10.7. The molecule has 2 fully saturated rings. The minimum absolute atomic E-state index is 0.0953. The van der Waals surface area contributed by atoms with Crippen molar-refractivity contribution in [3.63, 3.8) is 0 Å². The number of amides is 2. The minimum Gasteiger partial charge on any atom is -0.299 e. The Labute approximate surface area is 161 Å². The van der Waals surface area contributed by atoms with Gasteiger partial charge in [-0.25, -0.2) is 0 Å². The Bertz CT molecular complexity index is 427. The third-order valence-corrected chi connectivity index (χ3v) is 6.54. The Morgan fingerprint density at radius 1 is 0.792 bits per heavy atom. The van der Waals surface area contributed by atoms with E-state index in [4.69, 9.17) is 24.4 Å². The van der Waals surface area contributed by atoms with Gasteiger partial charge in [0.25, 0.3) is 0 Å². The number of hydrogen-bond acceptors (Lipinski definition) is 8. The number of hydrogen-bond donors (Lipinski definition) is 2. The van der Waals surface area contributed by atoms with Gasteiger partial charge in [-0.3, -0.25) is 30.0 Å². The quantitative estimate of drug-likeness (QED) is 0.394. The van der Waals surface area contributed by atoms with E-state index in [9.17, 15) is 9.59 Å². The number of carbonyl (C=O) groups excluding carboxylic acids is 2. The molecule has 0 spiro atoms. The van der Waals surface area contributed by atoms with Crippen LogP contribution in [0.4, 0.5) is 0 Å². The van der Waals surface area contributed by atoms with Crippen molar-refractivity contribution < 1.29 is 9.59 Å². The number of carbonyl (C=O) groups is 2. The zero-order chi connectivity index (χ0) is 17.4. The van der Waals surface area contributed by atoms with Gasteiger partial charge >= 0.3 is 0 Å². The normalized spacial score (nSPS) is 18.3. The molecule has 2 heterocycles. The highest BCUT2D eigenvalue weighted by Crippen LogP contribution is 2.18. The SMILES string of the molecule is O=C1CSC(=S)N1CNCCCCCCNCN1C(=O)CSC1=S. The lowest BCUT2D eigenvalue weighted by Gasteiger charge is -2.16. The molecule has 0 saturated carbocycles. The van der Waals surface area contributed by atoms with Gasteiger partial charge < -0.3 is 0 Å². The highest BCUT2D eigenvalue weighted by atomic mass is 32.2. The maximum Gasteiger partial charge on any atom is 0.239 e. The fourth-order valence-corrected chi connectivity index (χ4v) is 4.44. The summed E-state index contributed by atoms with van der Waals surface area (Å²) in [5.41, 5.74) is 0. The molecular weight excluding hydrogens is 384 g/mol. The van der Waals surface area contributed by atoms with Gasteiger partial charge in [-0.15, -0.1) is 0 Å². The highest BCUT2D eigenvalue weighted by Gasteiger charge is 2.26. The topological polar surface area (TPSA) is 64.7 Å². The van der Waals surface area contributed by atoms with Crippen LogP contribution >= 0.6 is 48.0 Å². The van der Waals surface area contributed by atoms with Crippen molar-refractivity contribution in [1.29, 1.82) is 0 Å². The first-order chi connectivity index (χ1) is 11.6. The van der Waals surface area contributed by atoms with Crippen LogP contribution in [0.2, 0.25) is 0 Å². The maximum atomic E-state index is 11.5. The number of rotatable bonds is 11. The van der Waals surface area contributed by atoms with Crippen LogP contribution in [0.25, 0.3) is 0 Å². The Balaban J connectivity index is 1.39. The molecule has 134 valence electrons. The van der Waals surface area contributed by atoms with Crippen molar-refractivity contribution in [3.05, 3.63) is 0 Å². The van der Waals surface area contributed by atoms with Gasteiger partial charge in [-0.1, -0.05) is 60.8 Å². The summed E-state index contributed by atoms with van der Waals surface area (Å²) in [6.07, 6.45) is 4.43. The smallest absolute Gasteiger partial charge is 0.239 e. The summed E-state index contributed by atoms with van der Waals surface area (Å²) in [6.45, 7) is 2.82. The zero-order valence-electron chi connectivity index (χ0n) is 13.4. The third kappa shape index (κ3) is 6.23. The lowest BCUT2D eigenvalue weighted by atomic mass is 10.2. The Morgan fingerprint density at radius 3 is 1.54 bits per heavy atom. The summed E-state index contributed by atoms with van der Waals surface area (Å²) in [7, 11) is 0. The van der Waals surface area contributed by atoms with E-state index in [0.717, 1.165) is 38.8 Å². The van der Waals surface area contributed by atoms with Crippen LogP contribution < -0.4 is 10.6 Å². The first kappa shape index (κ1) is 20.1. The molecule has 0 radical (unpaired) electrons. The van der Waals surface area contributed by atoms with Crippen LogP contribution in [0.3, 0.4) is 0 Å². The van der Waals surface area contributed by atoms with Gasteiger partial charge in [0.1, 0.15) is 8.64 Å². The summed E-state index contributed by atoms with van der Waals surface area (Å²) >= 11 is 13.1. The number of thiocarbonyl (C=S) groups is 2. The fourth-order valence-electron chi connectivity index (χ4n) is 2.30. The molecule has 10 heteroatoms. The van der Waals surface area contributed by atoms with E-state index in [2.05, 4.69) is 10.6 Å². The zero-order valence-corrected chi connectivity index (χ0v) is 16.7. The first-order valence-electron chi connectivity index (χ1n) is 7.95. The Morgan fingerprint density at radius 2 is 1.21 bits per heavy atom. The molecule has 0 unspecified atom stereocenters. The molecule has 0 aliphatic carbocycles. The number of nitrogens with one attached hydrogen (secondary N) is 2. The van der Waals surface area contributed by atoms with Crippen molar-refractivity contribution in [2.45, 2.75) is 25.7 Å². The average molecular weight is 407 g/mol. The van der Waals surface area contributed by atoms with Crippen LogP contribution in [0.1, 0.15) is 25.7 Å². The number of thioether (sulfide) groups is 2. The van der Waals surface area contributed by atoms with Gasteiger partial charge in [0.2, 0.25) is 11.8 Å². The van der Waals surface area contributed by atoms with E-state index in [0.29, 0.717) is 33.5 Å². The van der Waals surface area contributed by atoms with E-state index in [1.165, 1.54) is 23.5 Å². The maximum absolute atomic E-state index is 11.5.